The SMILES string of the molecule is Cc1cc(/C=C2\C(=O)NC(=S)N(C)C2=O)c(C)n1-c1ccc(F)c(Cl)c1. The molecule has 0 spiro atoms. The number of thiocarbonyl (C=S) groups is 1. The monoisotopic (exact) mass is 391 g/mol. The fourth-order valence-electron chi connectivity index (χ4n) is 2.86. The Bertz CT molecular complexity index is 997. The Morgan fingerprint density at radius 1 is 1.23 bits per heavy atom. The van der Waals surface area contributed by atoms with Crippen LogP contribution in [0.1, 0.15) is 17.0 Å². The van der Waals surface area contributed by atoms with Crippen LogP contribution in [0.5, 0.6) is 0 Å². The number of aromatic nitrogens is 1. The number of halogens is 2. The van der Waals surface area contributed by atoms with E-state index in [2.05, 4.69) is 5.32 Å². The summed E-state index contributed by atoms with van der Waals surface area (Å²) in [7, 11) is 1.50. The molecule has 0 bridgehead atoms. The Balaban J connectivity index is 2.08. The third-order valence-corrected chi connectivity index (χ3v) is 4.90. The summed E-state index contributed by atoms with van der Waals surface area (Å²) in [6, 6.07) is 6.27. The number of hydrogen-bond acceptors (Lipinski definition) is 3. The molecule has 1 saturated heterocycles. The molecule has 1 fully saturated rings. The number of aryl methyl sites for hydroxylation is 1. The average Bonchev–Trinajstić information content (AvgIpc) is 2.86. The molecule has 0 aliphatic carbocycles. The summed E-state index contributed by atoms with van der Waals surface area (Å²) in [5.41, 5.74) is 3.02. The van der Waals surface area contributed by atoms with Crippen LogP contribution in [0.4, 0.5) is 4.39 Å². The first-order valence-corrected chi connectivity index (χ1v) is 8.48. The highest BCUT2D eigenvalue weighted by Gasteiger charge is 2.31. The summed E-state index contributed by atoms with van der Waals surface area (Å²) in [6.07, 6.45) is 1.53. The maximum absolute atomic E-state index is 13.4. The quantitative estimate of drug-likeness (QED) is 0.486. The van der Waals surface area contributed by atoms with Gasteiger partial charge in [0.1, 0.15) is 11.4 Å². The molecular formula is C18H15ClFN3O2S. The van der Waals surface area contributed by atoms with Gasteiger partial charge in [0.2, 0.25) is 0 Å². The van der Waals surface area contributed by atoms with Crippen LogP contribution in [0.15, 0.2) is 29.8 Å². The zero-order valence-corrected chi connectivity index (χ0v) is 15.8. The van der Waals surface area contributed by atoms with Crippen LogP contribution in [-0.4, -0.2) is 33.4 Å². The predicted octanol–water partition coefficient (Wildman–Crippen LogP) is 3.14. The topological polar surface area (TPSA) is 54.3 Å². The molecule has 8 heteroatoms. The molecule has 1 aromatic carbocycles. The number of likely N-dealkylation sites (N-methyl/N-ethyl adjacent to an activating group) is 1. The van der Waals surface area contributed by atoms with Crippen molar-refractivity contribution >= 4 is 46.8 Å². The normalized spacial score (nSPS) is 16.4. The molecule has 0 saturated carbocycles. The number of amides is 2. The van der Waals surface area contributed by atoms with Crippen molar-refractivity contribution in [2.45, 2.75) is 13.8 Å². The molecule has 2 amide bonds. The predicted molar refractivity (Wildman–Crippen MR) is 102 cm³/mol. The minimum Gasteiger partial charge on any atom is -0.318 e. The van der Waals surface area contributed by atoms with Crippen molar-refractivity contribution in [2.24, 2.45) is 0 Å². The van der Waals surface area contributed by atoms with Crippen molar-refractivity contribution in [3.05, 3.63) is 57.6 Å². The Kier molecular flexibility index (Phi) is 4.68. The largest absolute Gasteiger partial charge is 0.318 e. The van der Waals surface area contributed by atoms with Crippen LogP contribution >= 0.6 is 23.8 Å². The van der Waals surface area contributed by atoms with E-state index in [0.29, 0.717) is 11.3 Å². The van der Waals surface area contributed by atoms with Gasteiger partial charge in [-0.3, -0.25) is 19.8 Å². The first-order chi connectivity index (χ1) is 12.2. The molecule has 26 heavy (non-hydrogen) atoms. The Labute approximate surface area is 160 Å². The number of benzene rings is 1. The fraction of sp³-hybridized carbons (Fsp3) is 0.167. The number of nitrogens with one attached hydrogen (secondary N) is 1. The van der Waals surface area contributed by atoms with E-state index in [4.69, 9.17) is 23.8 Å². The third-order valence-electron chi connectivity index (χ3n) is 4.24. The second kappa shape index (κ2) is 6.66. The maximum Gasteiger partial charge on any atom is 0.265 e. The van der Waals surface area contributed by atoms with Crippen molar-refractivity contribution in [3.63, 3.8) is 0 Å². The summed E-state index contributed by atoms with van der Waals surface area (Å²) >= 11 is 10.8. The summed E-state index contributed by atoms with van der Waals surface area (Å²) in [6.45, 7) is 3.71. The van der Waals surface area contributed by atoms with E-state index in [1.807, 2.05) is 24.5 Å². The van der Waals surface area contributed by atoms with Gasteiger partial charge in [-0.05, 0) is 62.0 Å². The second-order valence-corrected chi connectivity index (χ2v) is 6.74. The lowest BCUT2D eigenvalue weighted by molar-refractivity contribution is -0.128. The minimum absolute atomic E-state index is 0.00140. The van der Waals surface area contributed by atoms with E-state index in [9.17, 15) is 14.0 Å². The minimum atomic E-state index is -0.535. The van der Waals surface area contributed by atoms with E-state index in [0.717, 1.165) is 11.4 Å². The Hall–Kier alpha value is -2.51. The van der Waals surface area contributed by atoms with Crippen LogP contribution in [-0.2, 0) is 9.59 Å². The molecule has 2 heterocycles. The highest BCUT2D eigenvalue weighted by atomic mass is 35.5. The summed E-state index contributed by atoms with van der Waals surface area (Å²) in [5, 5.41) is 2.57. The van der Waals surface area contributed by atoms with Gasteiger partial charge in [-0.15, -0.1) is 0 Å². The molecule has 1 aliphatic rings. The van der Waals surface area contributed by atoms with Crippen molar-refractivity contribution in [1.29, 1.82) is 0 Å². The number of hydrogen-bond donors (Lipinski definition) is 1. The van der Waals surface area contributed by atoms with Gasteiger partial charge < -0.3 is 4.57 Å². The molecular weight excluding hydrogens is 377 g/mol. The average molecular weight is 392 g/mol. The summed E-state index contributed by atoms with van der Waals surface area (Å²) in [4.78, 5) is 25.7. The molecule has 1 aromatic heterocycles. The molecule has 0 radical (unpaired) electrons. The molecule has 1 aliphatic heterocycles. The van der Waals surface area contributed by atoms with E-state index < -0.39 is 17.6 Å². The molecule has 0 unspecified atom stereocenters. The van der Waals surface area contributed by atoms with E-state index in [1.165, 1.54) is 30.2 Å². The zero-order valence-electron chi connectivity index (χ0n) is 14.3. The first kappa shape index (κ1) is 18.3. The fourth-order valence-corrected chi connectivity index (χ4v) is 3.21. The third kappa shape index (κ3) is 3.04. The highest BCUT2D eigenvalue weighted by molar-refractivity contribution is 7.80. The number of carbonyl (C=O) groups excluding carboxylic acids is 2. The smallest absolute Gasteiger partial charge is 0.265 e. The molecule has 0 atom stereocenters. The van der Waals surface area contributed by atoms with E-state index in [1.54, 1.807) is 6.07 Å². The lowest BCUT2D eigenvalue weighted by Gasteiger charge is -2.25. The van der Waals surface area contributed by atoms with Crippen LogP contribution in [0.2, 0.25) is 5.02 Å². The summed E-state index contributed by atoms with van der Waals surface area (Å²) < 4.78 is 15.3. The molecule has 3 rings (SSSR count). The van der Waals surface area contributed by atoms with Crippen molar-refractivity contribution in [3.8, 4) is 5.69 Å². The number of carbonyl (C=O) groups is 2. The Morgan fingerprint density at radius 2 is 1.92 bits per heavy atom. The van der Waals surface area contributed by atoms with Gasteiger partial charge in [-0.2, -0.15) is 0 Å². The first-order valence-electron chi connectivity index (χ1n) is 7.70. The standard InChI is InChI=1S/C18H15ClFN3O2S/c1-9-6-11(7-13-16(24)21-18(26)22(3)17(13)25)10(2)23(9)12-4-5-15(20)14(19)8-12/h4-8H,1-3H3,(H,21,24,26)/b13-7+. The van der Waals surface area contributed by atoms with Gasteiger partial charge in [-0.1, -0.05) is 11.6 Å². The molecule has 1 N–H and O–H groups in total. The number of rotatable bonds is 2. The van der Waals surface area contributed by atoms with E-state index in [-0.39, 0.29) is 15.7 Å². The van der Waals surface area contributed by atoms with Crippen LogP contribution in [0.3, 0.4) is 0 Å². The Morgan fingerprint density at radius 3 is 2.58 bits per heavy atom. The van der Waals surface area contributed by atoms with Gasteiger partial charge >= 0.3 is 0 Å². The van der Waals surface area contributed by atoms with Crippen LogP contribution in [0, 0.1) is 19.7 Å². The van der Waals surface area contributed by atoms with Crippen molar-refractivity contribution in [1.82, 2.24) is 14.8 Å². The van der Waals surface area contributed by atoms with Crippen molar-refractivity contribution < 1.29 is 14.0 Å². The van der Waals surface area contributed by atoms with Gasteiger partial charge in [0.25, 0.3) is 11.8 Å². The van der Waals surface area contributed by atoms with Gasteiger partial charge in [0.05, 0.1) is 5.02 Å². The maximum atomic E-state index is 13.4. The second-order valence-electron chi connectivity index (χ2n) is 5.94. The van der Waals surface area contributed by atoms with Gasteiger partial charge in [-0.25, -0.2) is 4.39 Å². The molecule has 2 aromatic rings. The molecule has 134 valence electrons. The van der Waals surface area contributed by atoms with Crippen LogP contribution in [0.25, 0.3) is 11.8 Å². The summed E-state index contributed by atoms with van der Waals surface area (Å²) in [5.74, 6) is -1.50. The van der Waals surface area contributed by atoms with Crippen LogP contribution < -0.4 is 5.32 Å². The van der Waals surface area contributed by atoms with E-state index >= 15 is 0 Å². The van der Waals surface area contributed by atoms with Gasteiger partial charge in [0.15, 0.2) is 5.11 Å². The highest BCUT2D eigenvalue weighted by Crippen LogP contribution is 2.26. The molecule has 5 nitrogen and oxygen atoms in total. The lowest BCUT2D eigenvalue weighted by atomic mass is 10.1. The zero-order chi connectivity index (χ0) is 19.2. The van der Waals surface area contributed by atoms with Gasteiger partial charge in [0, 0.05) is 24.1 Å². The number of nitrogens with zero attached hydrogens (tertiary/aromatic N) is 2. The lowest BCUT2D eigenvalue weighted by Crippen LogP contribution is -2.52. The van der Waals surface area contributed by atoms with Crippen molar-refractivity contribution in [2.75, 3.05) is 7.05 Å².